The summed E-state index contributed by atoms with van der Waals surface area (Å²) in [6.07, 6.45) is 3.19. The number of aromatic nitrogens is 1. The van der Waals surface area contributed by atoms with Crippen molar-refractivity contribution in [1.82, 2.24) is 9.88 Å². The van der Waals surface area contributed by atoms with Crippen LogP contribution in [0.3, 0.4) is 0 Å². The van der Waals surface area contributed by atoms with Crippen molar-refractivity contribution in [3.8, 4) is 11.3 Å². The van der Waals surface area contributed by atoms with Crippen molar-refractivity contribution in [1.29, 1.82) is 0 Å². The quantitative estimate of drug-likeness (QED) is 0.875. The van der Waals surface area contributed by atoms with Crippen molar-refractivity contribution in [2.75, 3.05) is 13.7 Å². The van der Waals surface area contributed by atoms with Crippen LogP contribution in [0.1, 0.15) is 37.8 Å². The number of nitrogens with zero attached hydrogens (tertiary/aromatic N) is 2. The minimum Gasteiger partial charge on any atom is -0.439 e. The highest BCUT2D eigenvalue weighted by Crippen LogP contribution is 2.39. The molecule has 5 heteroatoms. The van der Waals surface area contributed by atoms with Crippen molar-refractivity contribution in [2.45, 2.75) is 45.2 Å². The summed E-state index contributed by atoms with van der Waals surface area (Å²) in [7, 11) is 2.05. The van der Waals surface area contributed by atoms with Crippen LogP contribution < -0.4 is 0 Å². The van der Waals surface area contributed by atoms with Gasteiger partial charge in [-0.1, -0.05) is 18.5 Å². The van der Waals surface area contributed by atoms with Gasteiger partial charge in [-0.3, -0.25) is 4.90 Å². The molecular weight excluding hydrogens is 324 g/mol. The third-order valence-electron chi connectivity index (χ3n) is 5.25. The van der Waals surface area contributed by atoms with E-state index in [9.17, 15) is 5.11 Å². The van der Waals surface area contributed by atoms with E-state index in [4.69, 9.17) is 16.0 Å². The predicted octanol–water partition coefficient (Wildman–Crippen LogP) is 4.29. The van der Waals surface area contributed by atoms with E-state index in [1.165, 1.54) is 0 Å². The summed E-state index contributed by atoms with van der Waals surface area (Å²) >= 11 is 5.95. The van der Waals surface area contributed by atoms with Crippen LogP contribution in [0.25, 0.3) is 11.3 Å². The van der Waals surface area contributed by atoms with E-state index in [1.54, 1.807) is 0 Å². The van der Waals surface area contributed by atoms with Crippen LogP contribution in [0.2, 0.25) is 5.02 Å². The molecule has 0 amide bonds. The summed E-state index contributed by atoms with van der Waals surface area (Å²) in [5, 5.41) is 10.6. The van der Waals surface area contributed by atoms with Gasteiger partial charge < -0.3 is 9.52 Å². The van der Waals surface area contributed by atoms with Gasteiger partial charge in [0.25, 0.3) is 0 Å². The summed E-state index contributed by atoms with van der Waals surface area (Å²) in [6, 6.07) is 7.59. The highest BCUT2D eigenvalue weighted by atomic mass is 35.5. The third-order valence-corrected chi connectivity index (χ3v) is 5.51. The summed E-state index contributed by atoms with van der Waals surface area (Å²) in [4.78, 5) is 6.78. The number of benzene rings is 1. The maximum atomic E-state index is 9.94. The maximum Gasteiger partial charge on any atom is 0.209 e. The molecule has 2 atom stereocenters. The molecule has 130 valence electrons. The van der Waals surface area contributed by atoms with E-state index >= 15 is 0 Å². The van der Waals surface area contributed by atoms with Gasteiger partial charge >= 0.3 is 0 Å². The topological polar surface area (TPSA) is 49.5 Å². The van der Waals surface area contributed by atoms with Crippen LogP contribution in [0.4, 0.5) is 0 Å². The molecule has 0 aliphatic heterocycles. The second kappa shape index (κ2) is 6.87. The van der Waals surface area contributed by atoms with E-state index in [0.717, 1.165) is 36.3 Å². The Morgan fingerprint density at radius 2 is 2.08 bits per heavy atom. The monoisotopic (exact) mass is 348 g/mol. The molecule has 4 nitrogen and oxygen atoms in total. The van der Waals surface area contributed by atoms with Crippen molar-refractivity contribution < 1.29 is 9.52 Å². The lowest BCUT2D eigenvalue weighted by Gasteiger charge is -2.36. The van der Waals surface area contributed by atoms with Crippen molar-refractivity contribution in [3.05, 3.63) is 40.9 Å². The van der Waals surface area contributed by atoms with Crippen LogP contribution in [-0.2, 0) is 6.54 Å². The fourth-order valence-corrected chi connectivity index (χ4v) is 3.86. The Hall–Kier alpha value is -1.36. The first-order valence-corrected chi connectivity index (χ1v) is 8.86. The standard InChI is InChI=1S/C19H25ClN2O2/c1-13-8-9-19(10-13,12-23)22(3)11-17-21-14(2)18(24-17)15-4-6-16(20)7-5-15/h4-7,13,23H,8-12H2,1-3H3. The molecule has 1 fully saturated rings. The fourth-order valence-electron chi connectivity index (χ4n) is 3.74. The largest absolute Gasteiger partial charge is 0.439 e. The number of hydrogen-bond donors (Lipinski definition) is 1. The number of aryl methyl sites for hydroxylation is 1. The molecule has 1 aliphatic carbocycles. The molecule has 3 rings (SSSR count). The molecule has 0 spiro atoms. The van der Waals surface area contributed by atoms with Gasteiger partial charge in [-0.15, -0.1) is 0 Å². The third kappa shape index (κ3) is 3.37. The number of aliphatic hydroxyl groups is 1. The first-order valence-electron chi connectivity index (χ1n) is 8.48. The second-order valence-electron chi connectivity index (χ2n) is 7.12. The Labute approximate surface area is 148 Å². The van der Waals surface area contributed by atoms with Crippen LogP contribution >= 0.6 is 11.6 Å². The summed E-state index contributed by atoms with van der Waals surface area (Å²) in [6.45, 7) is 4.98. The molecule has 1 aliphatic rings. The smallest absolute Gasteiger partial charge is 0.209 e. The molecule has 1 aromatic carbocycles. The Kier molecular flexibility index (Phi) is 5.00. The first-order chi connectivity index (χ1) is 11.4. The highest BCUT2D eigenvalue weighted by molar-refractivity contribution is 6.30. The lowest BCUT2D eigenvalue weighted by molar-refractivity contribution is 0.0402. The van der Waals surface area contributed by atoms with Gasteiger partial charge in [0.2, 0.25) is 5.89 Å². The average molecular weight is 349 g/mol. The summed E-state index contributed by atoms with van der Waals surface area (Å²) in [5.74, 6) is 2.12. The van der Waals surface area contributed by atoms with Gasteiger partial charge in [0, 0.05) is 16.1 Å². The summed E-state index contributed by atoms with van der Waals surface area (Å²) < 4.78 is 6.01. The van der Waals surface area contributed by atoms with Crippen LogP contribution in [-0.4, -0.2) is 34.2 Å². The van der Waals surface area contributed by atoms with Gasteiger partial charge in [-0.05, 0) is 63.4 Å². The number of halogens is 1. The molecule has 1 aromatic heterocycles. The molecule has 2 unspecified atom stereocenters. The average Bonchev–Trinajstić information content (AvgIpc) is 3.12. The number of likely N-dealkylation sites (N-methyl/N-ethyl adjacent to an activating group) is 1. The van der Waals surface area contributed by atoms with E-state index in [2.05, 4.69) is 23.9 Å². The van der Waals surface area contributed by atoms with Gasteiger partial charge in [-0.2, -0.15) is 0 Å². The summed E-state index contributed by atoms with van der Waals surface area (Å²) in [5.41, 5.74) is 1.70. The minimum atomic E-state index is -0.151. The van der Waals surface area contributed by atoms with Crippen LogP contribution in [0.5, 0.6) is 0 Å². The fraction of sp³-hybridized carbons (Fsp3) is 0.526. The Balaban J connectivity index is 1.79. The molecule has 24 heavy (non-hydrogen) atoms. The predicted molar refractivity (Wildman–Crippen MR) is 96.0 cm³/mol. The van der Waals surface area contributed by atoms with Gasteiger partial charge in [0.15, 0.2) is 5.76 Å². The molecule has 0 saturated heterocycles. The Bertz CT molecular complexity index is 698. The first kappa shape index (κ1) is 17.5. The minimum absolute atomic E-state index is 0.151. The molecule has 0 radical (unpaired) electrons. The SMILES string of the molecule is Cc1nc(CN(C)C2(CO)CCC(C)C2)oc1-c1ccc(Cl)cc1. The van der Waals surface area contributed by atoms with Gasteiger partial charge in [-0.25, -0.2) is 4.98 Å². The van der Waals surface area contributed by atoms with E-state index < -0.39 is 0 Å². The van der Waals surface area contributed by atoms with Crippen LogP contribution in [0, 0.1) is 12.8 Å². The normalized spacial score (nSPS) is 24.0. The lowest BCUT2D eigenvalue weighted by Crippen LogP contribution is -2.47. The Morgan fingerprint density at radius 3 is 2.67 bits per heavy atom. The van der Waals surface area contributed by atoms with Crippen molar-refractivity contribution in [2.24, 2.45) is 5.92 Å². The lowest BCUT2D eigenvalue weighted by atomic mass is 9.95. The zero-order valence-corrected chi connectivity index (χ0v) is 15.3. The van der Waals surface area contributed by atoms with E-state index in [0.29, 0.717) is 23.4 Å². The highest BCUT2D eigenvalue weighted by Gasteiger charge is 2.40. The second-order valence-corrected chi connectivity index (χ2v) is 7.55. The molecule has 0 bridgehead atoms. The van der Waals surface area contributed by atoms with Gasteiger partial charge in [0.05, 0.1) is 18.8 Å². The number of aliphatic hydroxyl groups excluding tert-OH is 1. The molecule has 1 heterocycles. The Morgan fingerprint density at radius 1 is 1.38 bits per heavy atom. The number of rotatable bonds is 5. The zero-order valence-electron chi connectivity index (χ0n) is 14.6. The van der Waals surface area contributed by atoms with Gasteiger partial charge in [0.1, 0.15) is 0 Å². The number of oxazole rings is 1. The van der Waals surface area contributed by atoms with Crippen LogP contribution in [0.15, 0.2) is 28.7 Å². The number of hydrogen-bond acceptors (Lipinski definition) is 4. The maximum absolute atomic E-state index is 9.94. The van der Waals surface area contributed by atoms with Crippen molar-refractivity contribution >= 4 is 11.6 Å². The van der Waals surface area contributed by atoms with E-state index in [1.807, 2.05) is 31.2 Å². The molecule has 2 aromatic rings. The van der Waals surface area contributed by atoms with Crippen molar-refractivity contribution in [3.63, 3.8) is 0 Å². The molecule has 1 N–H and O–H groups in total. The molecular formula is C19H25ClN2O2. The zero-order chi connectivity index (χ0) is 17.3. The molecule has 1 saturated carbocycles. The van der Waals surface area contributed by atoms with E-state index in [-0.39, 0.29) is 12.1 Å².